The van der Waals surface area contributed by atoms with Gasteiger partial charge in [0.1, 0.15) is 11.6 Å². The Labute approximate surface area is 101 Å². The second-order valence-electron chi connectivity index (χ2n) is 4.24. The summed E-state index contributed by atoms with van der Waals surface area (Å²) in [6, 6.07) is 0. The lowest BCUT2D eigenvalue weighted by atomic mass is 10.2. The lowest BCUT2D eigenvalue weighted by molar-refractivity contribution is -0.120. The first-order valence-electron chi connectivity index (χ1n) is 6.13. The van der Waals surface area contributed by atoms with Crippen molar-refractivity contribution in [2.75, 3.05) is 13.6 Å². The summed E-state index contributed by atoms with van der Waals surface area (Å²) >= 11 is 0. The van der Waals surface area contributed by atoms with Gasteiger partial charge in [-0.15, -0.1) is 10.2 Å². The van der Waals surface area contributed by atoms with Crippen LogP contribution in [0.25, 0.3) is 0 Å². The molecule has 2 rings (SSSR count). The standard InChI is InChI=1S/C11H19N5O/c1-12-11(17)5-6-13-8-10-15-14-9-4-2-3-7-16(9)10/h13H,2-8H2,1H3,(H,12,17). The van der Waals surface area contributed by atoms with E-state index in [0.29, 0.717) is 19.5 Å². The van der Waals surface area contributed by atoms with Crippen LogP contribution < -0.4 is 10.6 Å². The largest absolute Gasteiger partial charge is 0.359 e. The maximum Gasteiger partial charge on any atom is 0.221 e. The smallest absolute Gasteiger partial charge is 0.221 e. The fourth-order valence-electron chi connectivity index (χ4n) is 2.03. The summed E-state index contributed by atoms with van der Waals surface area (Å²) in [5, 5.41) is 14.2. The predicted molar refractivity (Wildman–Crippen MR) is 63.4 cm³/mol. The highest BCUT2D eigenvalue weighted by atomic mass is 16.1. The molecule has 0 atom stereocenters. The number of rotatable bonds is 5. The van der Waals surface area contributed by atoms with E-state index in [-0.39, 0.29) is 5.91 Å². The number of aromatic nitrogens is 3. The molecule has 94 valence electrons. The minimum absolute atomic E-state index is 0.0563. The third-order valence-corrected chi connectivity index (χ3v) is 3.03. The van der Waals surface area contributed by atoms with Crippen LogP contribution in [0.15, 0.2) is 0 Å². The van der Waals surface area contributed by atoms with E-state index >= 15 is 0 Å². The van der Waals surface area contributed by atoms with Gasteiger partial charge in [-0.05, 0) is 12.8 Å². The summed E-state index contributed by atoms with van der Waals surface area (Å²) in [6.07, 6.45) is 3.95. The Hall–Kier alpha value is -1.43. The van der Waals surface area contributed by atoms with Gasteiger partial charge in [0, 0.05) is 33.0 Å². The van der Waals surface area contributed by atoms with E-state index in [0.717, 1.165) is 24.6 Å². The quantitative estimate of drug-likeness (QED) is 0.698. The van der Waals surface area contributed by atoms with Crippen molar-refractivity contribution in [2.24, 2.45) is 0 Å². The van der Waals surface area contributed by atoms with Gasteiger partial charge >= 0.3 is 0 Å². The molecule has 0 bridgehead atoms. The summed E-state index contributed by atoms with van der Waals surface area (Å²) in [4.78, 5) is 11.0. The highest BCUT2D eigenvalue weighted by molar-refractivity contribution is 5.75. The first-order valence-corrected chi connectivity index (χ1v) is 6.13. The van der Waals surface area contributed by atoms with E-state index < -0.39 is 0 Å². The predicted octanol–water partition coefficient (Wildman–Crippen LogP) is -0.160. The van der Waals surface area contributed by atoms with E-state index in [2.05, 4.69) is 25.4 Å². The molecule has 0 saturated heterocycles. The van der Waals surface area contributed by atoms with E-state index in [4.69, 9.17) is 0 Å². The van der Waals surface area contributed by atoms with Crippen LogP contribution >= 0.6 is 0 Å². The average molecular weight is 237 g/mol. The Morgan fingerprint density at radius 1 is 1.41 bits per heavy atom. The monoisotopic (exact) mass is 237 g/mol. The molecule has 2 N–H and O–H groups in total. The summed E-state index contributed by atoms with van der Waals surface area (Å²) in [5.74, 6) is 2.14. The second-order valence-corrected chi connectivity index (χ2v) is 4.24. The number of nitrogens with one attached hydrogen (secondary N) is 2. The molecule has 1 amide bonds. The van der Waals surface area contributed by atoms with Gasteiger partial charge in [0.15, 0.2) is 0 Å². The van der Waals surface area contributed by atoms with E-state index in [1.165, 1.54) is 12.8 Å². The molecule has 6 heteroatoms. The van der Waals surface area contributed by atoms with Crippen LogP contribution in [-0.2, 0) is 24.3 Å². The maximum atomic E-state index is 11.0. The van der Waals surface area contributed by atoms with Gasteiger partial charge < -0.3 is 15.2 Å². The van der Waals surface area contributed by atoms with E-state index in [1.807, 2.05) is 0 Å². The van der Waals surface area contributed by atoms with Crippen LogP contribution in [0, 0.1) is 0 Å². The van der Waals surface area contributed by atoms with Crippen LogP contribution in [-0.4, -0.2) is 34.3 Å². The van der Waals surface area contributed by atoms with Gasteiger partial charge in [0.25, 0.3) is 0 Å². The molecule has 1 aromatic heterocycles. The van der Waals surface area contributed by atoms with Gasteiger partial charge in [-0.2, -0.15) is 0 Å². The van der Waals surface area contributed by atoms with Crippen molar-refractivity contribution in [1.29, 1.82) is 0 Å². The lowest BCUT2D eigenvalue weighted by Crippen LogP contribution is -2.25. The van der Waals surface area contributed by atoms with Gasteiger partial charge in [0.2, 0.25) is 5.91 Å². The zero-order valence-corrected chi connectivity index (χ0v) is 10.2. The van der Waals surface area contributed by atoms with Gasteiger partial charge in [0.05, 0.1) is 6.54 Å². The SMILES string of the molecule is CNC(=O)CCNCc1nnc2n1CCCC2. The Balaban J connectivity index is 1.79. The molecule has 0 aliphatic carbocycles. The van der Waals surface area contributed by atoms with Gasteiger partial charge in [-0.25, -0.2) is 0 Å². The van der Waals surface area contributed by atoms with Crippen molar-refractivity contribution in [3.05, 3.63) is 11.6 Å². The fraction of sp³-hybridized carbons (Fsp3) is 0.727. The highest BCUT2D eigenvalue weighted by Gasteiger charge is 2.14. The topological polar surface area (TPSA) is 71.8 Å². The number of aryl methyl sites for hydroxylation is 1. The molecule has 1 aliphatic heterocycles. The molecule has 1 aromatic rings. The average Bonchev–Trinajstić information content (AvgIpc) is 2.78. The molecule has 0 aromatic carbocycles. The maximum absolute atomic E-state index is 11.0. The first-order chi connectivity index (χ1) is 8.31. The summed E-state index contributed by atoms with van der Waals surface area (Å²) in [7, 11) is 1.65. The number of hydrogen-bond acceptors (Lipinski definition) is 4. The van der Waals surface area contributed by atoms with Crippen molar-refractivity contribution < 1.29 is 4.79 Å². The minimum atomic E-state index is 0.0563. The molecule has 0 unspecified atom stereocenters. The number of carbonyl (C=O) groups excluding carboxylic acids is 1. The molecule has 1 aliphatic rings. The number of hydrogen-bond donors (Lipinski definition) is 2. The van der Waals surface area contributed by atoms with Crippen LogP contribution in [0.4, 0.5) is 0 Å². The van der Waals surface area contributed by atoms with Crippen LogP contribution in [0.2, 0.25) is 0 Å². The van der Waals surface area contributed by atoms with Gasteiger partial charge in [-0.3, -0.25) is 4.79 Å². The molecule has 17 heavy (non-hydrogen) atoms. The van der Waals surface area contributed by atoms with E-state index in [1.54, 1.807) is 7.05 Å². The lowest BCUT2D eigenvalue weighted by Gasteiger charge is -2.14. The highest BCUT2D eigenvalue weighted by Crippen LogP contribution is 2.13. The third kappa shape index (κ3) is 3.03. The summed E-state index contributed by atoms with van der Waals surface area (Å²) in [5.41, 5.74) is 0. The minimum Gasteiger partial charge on any atom is -0.359 e. The van der Waals surface area contributed by atoms with Crippen molar-refractivity contribution in [3.8, 4) is 0 Å². The second kappa shape index (κ2) is 5.77. The molecule has 0 radical (unpaired) electrons. The van der Waals surface area contributed by atoms with Crippen molar-refractivity contribution in [1.82, 2.24) is 25.4 Å². The zero-order valence-electron chi connectivity index (χ0n) is 10.2. The Bertz CT molecular complexity index is 387. The van der Waals surface area contributed by atoms with Crippen LogP contribution in [0.3, 0.4) is 0 Å². The molecular weight excluding hydrogens is 218 g/mol. The molecule has 6 nitrogen and oxygen atoms in total. The summed E-state index contributed by atoms with van der Waals surface area (Å²) in [6.45, 7) is 2.38. The Morgan fingerprint density at radius 2 is 2.29 bits per heavy atom. The molecule has 0 spiro atoms. The third-order valence-electron chi connectivity index (χ3n) is 3.03. The van der Waals surface area contributed by atoms with E-state index in [9.17, 15) is 4.79 Å². The van der Waals surface area contributed by atoms with Crippen molar-refractivity contribution >= 4 is 5.91 Å². The van der Waals surface area contributed by atoms with Crippen LogP contribution in [0.5, 0.6) is 0 Å². The zero-order chi connectivity index (χ0) is 12.1. The normalized spacial score (nSPS) is 14.4. The Kier molecular flexibility index (Phi) is 4.08. The number of amides is 1. The fourth-order valence-corrected chi connectivity index (χ4v) is 2.03. The Morgan fingerprint density at radius 3 is 3.12 bits per heavy atom. The van der Waals surface area contributed by atoms with Crippen molar-refractivity contribution in [2.45, 2.75) is 38.8 Å². The van der Waals surface area contributed by atoms with Gasteiger partial charge in [-0.1, -0.05) is 0 Å². The number of fused-ring (bicyclic) bond motifs is 1. The molecule has 2 heterocycles. The first kappa shape index (κ1) is 12.0. The summed E-state index contributed by atoms with van der Waals surface area (Å²) < 4.78 is 2.19. The van der Waals surface area contributed by atoms with Crippen molar-refractivity contribution in [3.63, 3.8) is 0 Å². The number of nitrogens with zero attached hydrogens (tertiary/aromatic N) is 3. The van der Waals surface area contributed by atoms with Crippen LogP contribution in [0.1, 0.15) is 30.9 Å². The molecular formula is C11H19N5O. The molecule has 0 saturated carbocycles. The number of carbonyl (C=O) groups is 1. The molecule has 0 fully saturated rings.